The van der Waals surface area contributed by atoms with Gasteiger partial charge < -0.3 is 10.2 Å². The van der Waals surface area contributed by atoms with E-state index in [9.17, 15) is 4.79 Å². The molecule has 0 radical (unpaired) electrons. The maximum Gasteiger partial charge on any atom is 0.231 e. The van der Waals surface area contributed by atoms with Gasteiger partial charge in [-0.1, -0.05) is 89.9 Å². The molecule has 5 heteroatoms. The predicted octanol–water partition coefficient (Wildman–Crippen LogP) is 6.49. The average molecular weight is 508 g/mol. The number of benzene rings is 3. The van der Waals surface area contributed by atoms with Crippen molar-refractivity contribution in [2.24, 2.45) is 5.92 Å². The zero-order valence-electron chi connectivity index (χ0n) is 19.9. The third kappa shape index (κ3) is 5.43. The number of rotatable bonds is 8. The first-order valence-corrected chi connectivity index (χ1v) is 13.4. The van der Waals surface area contributed by atoms with Gasteiger partial charge in [0.2, 0.25) is 5.91 Å². The zero-order valence-corrected chi connectivity index (χ0v) is 21.4. The fraction of sp³-hybridized carbons (Fsp3) is 0.367. The molecule has 182 valence electrons. The van der Waals surface area contributed by atoms with Crippen molar-refractivity contribution in [2.45, 2.75) is 37.0 Å². The molecule has 3 aromatic carbocycles. The highest BCUT2D eigenvalue weighted by atomic mass is 35.5. The molecule has 1 heterocycles. The summed E-state index contributed by atoms with van der Waals surface area (Å²) in [5, 5.41) is 4.26. The third-order valence-electron chi connectivity index (χ3n) is 7.82. The van der Waals surface area contributed by atoms with E-state index in [1.54, 1.807) is 0 Å². The van der Waals surface area contributed by atoms with E-state index < -0.39 is 5.41 Å². The van der Waals surface area contributed by atoms with Gasteiger partial charge >= 0.3 is 0 Å². The first-order chi connectivity index (χ1) is 17.1. The van der Waals surface area contributed by atoms with E-state index in [2.05, 4.69) is 52.7 Å². The van der Waals surface area contributed by atoms with E-state index in [-0.39, 0.29) is 11.8 Å². The first kappa shape index (κ1) is 24.4. The van der Waals surface area contributed by atoms with Gasteiger partial charge in [0.15, 0.2) is 0 Å². The van der Waals surface area contributed by atoms with Crippen LogP contribution in [0.4, 0.5) is 0 Å². The van der Waals surface area contributed by atoms with Crippen LogP contribution in [0.3, 0.4) is 0 Å². The molecule has 1 saturated carbocycles. The van der Waals surface area contributed by atoms with Crippen molar-refractivity contribution in [1.29, 1.82) is 0 Å². The van der Waals surface area contributed by atoms with Gasteiger partial charge in [-0.15, -0.1) is 0 Å². The van der Waals surface area contributed by atoms with Crippen molar-refractivity contribution in [1.82, 2.24) is 10.2 Å². The number of hydrogen-bond acceptors (Lipinski definition) is 2. The maximum atomic E-state index is 13.6. The number of nitrogens with one attached hydrogen (secondary N) is 1. The van der Waals surface area contributed by atoms with Crippen LogP contribution in [0.2, 0.25) is 10.0 Å². The lowest BCUT2D eigenvalue weighted by Gasteiger charge is -2.33. The standard InChI is InChI=1S/C30H32Cl2N2O/c31-27-12-11-25(19-28(27)32)30(29(35)33-16-13-22-7-3-1-4-8-22)20-26(30)21-34-17-14-24(15-18-34)23-9-5-2-6-10-23/h1-12,19,24,26H,13-18,20-21H2,(H,33,35)/t26-,30+/m0/s1. The number of halogens is 2. The van der Waals surface area contributed by atoms with E-state index in [4.69, 9.17) is 23.2 Å². The highest BCUT2D eigenvalue weighted by molar-refractivity contribution is 6.42. The minimum Gasteiger partial charge on any atom is -0.355 e. The summed E-state index contributed by atoms with van der Waals surface area (Å²) >= 11 is 12.6. The number of piperidine rings is 1. The van der Waals surface area contributed by atoms with Gasteiger partial charge in [0.1, 0.15) is 0 Å². The molecule has 0 spiro atoms. The lowest BCUT2D eigenvalue weighted by atomic mass is 9.88. The maximum absolute atomic E-state index is 13.6. The Kier molecular flexibility index (Phi) is 7.48. The molecule has 1 aliphatic carbocycles. The van der Waals surface area contributed by atoms with Gasteiger partial charge in [-0.05, 0) is 79.4 Å². The number of carbonyl (C=O) groups excluding carboxylic acids is 1. The Bertz CT molecular complexity index is 1150. The van der Waals surface area contributed by atoms with Crippen molar-refractivity contribution in [3.63, 3.8) is 0 Å². The van der Waals surface area contributed by atoms with Gasteiger partial charge in [-0.3, -0.25) is 4.79 Å². The van der Waals surface area contributed by atoms with Crippen molar-refractivity contribution >= 4 is 29.1 Å². The Hall–Kier alpha value is -2.33. The summed E-state index contributed by atoms with van der Waals surface area (Å²) in [6.07, 6.45) is 4.00. The summed E-state index contributed by atoms with van der Waals surface area (Å²) < 4.78 is 0. The summed E-state index contributed by atoms with van der Waals surface area (Å²) in [6.45, 7) is 3.71. The highest BCUT2D eigenvalue weighted by Gasteiger charge is 2.61. The third-order valence-corrected chi connectivity index (χ3v) is 8.56. The molecule has 1 aliphatic heterocycles. The smallest absolute Gasteiger partial charge is 0.231 e. The normalized spacial score (nSPS) is 22.6. The summed E-state index contributed by atoms with van der Waals surface area (Å²) in [5.74, 6) is 1.02. The number of nitrogens with zero attached hydrogens (tertiary/aromatic N) is 1. The van der Waals surface area contributed by atoms with Crippen molar-refractivity contribution < 1.29 is 4.79 Å². The SMILES string of the molecule is O=C(NCCc1ccccc1)[C@@]1(c2ccc(Cl)c(Cl)c2)C[C@H]1CN1CCC(c2ccccc2)CC1. The van der Waals surface area contributed by atoms with E-state index in [1.165, 1.54) is 24.0 Å². The molecule has 35 heavy (non-hydrogen) atoms. The Morgan fingerprint density at radius 2 is 1.60 bits per heavy atom. The molecular formula is C30H32Cl2N2O. The molecule has 5 rings (SSSR count). The quantitative estimate of drug-likeness (QED) is 0.378. The fourth-order valence-electron chi connectivity index (χ4n) is 5.70. The van der Waals surface area contributed by atoms with Gasteiger partial charge in [0.25, 0.3) is 0 Å². The average Bonchev–Trinajstić information content (AvgIpc) is 3.62. The van der Waals surface area contributed by atoms with Crippen LogP contribution in [-0.4, -0.2) is 37.0 Å². The number of likely N-dealkylation sites (tertiary alicyclic amines) is 1. The molecule has 2 atom stereocenters. The number of hydrogen-bond donors (Lipinski definition) is 1. The number of amides is 1. The second-order valence-corrected chi connectivity index (χ2v) is 10.8. The number of carbonyl (C=O) groups is 1. The molecule has 1 saturated heterocycles. The second kappa shape index (κ2) is 10.7. The molecule has 0 aromatic heterocycles. The molecule has 0 bridgehead atoms. The van der Waals surface area contributed by atoms with Crippen LogP contribution < -0.4 is 5.32 Å². The van der Waals surface area contributed by atoms with Crippen molar-refractivity contribution in [3.8, 4) is 0 Å². The molecule has 0 unspecified atom stereocenters. The lowest BCUT2D eigenvalue weighted by Crippen LogP contribution is -2.40. The monoisotopic (exact) mass is 506 g/mol. The molecule has 2 aliphatic rings. The molecule has 1 amide bonds. The van der Waals surface area contributed by atoms with Crippen LogP contribution in [0.15, 0.2) is 78.9 Å². The Morgan fingerprint density at radius 3 is 2.29 bits per heavy atom. The highest BCUT2D eigenvalue weighted by Crippen LogP contribution is 2.55. The van der Waals surface area contributed by atoms with Crippen molar-refractivity contribution in [2.75, 3.05) is 26.2 Å². The summed E-state index contributed by atoms with van der Waals surface area (Å²) in [6, 6.07) is 26.8. The molecule has 3 aromatic rings. The van der Waals surface area contributed by atoms with E-state index in [1.807, 2.05) is 36.4 Å². The summed E-state index contributed by atoms with van der Waals surface area (Å²) in [7, 11) is 0. The Morgan fingerprint density at radius 1 is 0.914 bits per heavy atom. The fourth-order valence-corrected chi connectivity index (χ4v) is 5.99. The summed E-state index contributed by atoms with van der Waals surface area (Å²) in [5.41, 5.74) is 3.13. The molecular weight excluding hydrogens is 475 g/mol. The zero-order chi connectivity index (χ0) is 24.3. The van der Waals surface area contributed by atoms with Gasteiger partial charge in [-0.2, -0.15) is 0 Å². The second-order valence-electron chi connectivity index (χ2n) is 9.98. The Labute approximate surface area is 218 Å². The predicted molar refractivity (Wildman–Crippen MR) is 144 cm³/mol. The minimum absolute atomic E-state index is 0.107. The van der Waals surface area contributed by atoms with Gasteiger partial charge in [0.05, 0.1) is 15.5 Å². The molecule has 1 N–H and O–H groups in total. The van der Waals surface area contributed by atoms with Crippen molar-refractivity contribution in [3.05, 3.63) is 106 Å². The van der Waals surface area contributed by atoms with E-state index >= 15 is 0 Å². The van der Waals surface area contributed by atoms with Crippen LogP contribution >= 0.6 is 23.2 Å². The van der Waals surface area contributed by atoms with E-state index in [0.717, 1.165) is 38.0 Å². The van der Waals surface area contributed by atoms with Crippen LogP contribution in [0.25, 0.3) is 0 Å². The largest absolute Gasteiger partial charge is 0.355 e. The van der Waals surface area contributed by atoms with E-state index in [0.29, 0.717) is 22.5 Å². The van der Waals surface area contributed by atoms with Crippen LogP contribution in [-0.2, 0) is 16.6 Å². The topological polar surface area (TPSA) is 32.3 Å². The van der Waals surface area contributed by atoms with Crippen LogP contribution in [0.5, 0.6) is 0 Å². The van der Waals surface area contributed by atoms with Gasteiger partial charge in [-0.25, -0.2) is 0 Å². The Balaban J connectivity index is 1.24. The van der Waals surface area contributed by atoms with Crippen LogP contribution in [0.1, 0.15) is 41.9 Å². The van der Waals surface area contributed by atoms with Crippen LogP contribution in [0, 0.1) is 5.92 Å². The molecule has 3 nitrogen and oxygen atoms in total. The lowest BCUT2D eigenvalue weighted by molar-refractivity contribution is -0.124. The minimum atomic E-state index is -0.527. The summed E-state index contributed by atoms with van der Waals surface area (Å²) in [4.78, 5) is 16.1. The molecule has 2 fully saturated rings. The first-order valence-electron chi connectivity index (χ1n) is 12.6. The van der Waals surface area contributed by atoms with Gasteiger partial charge in [0, 0.05) is 13.1 Å².